The van der Waals surface area contributed by atoms with Gasteiger partial charge in [-0.15, -0.1) is 0 Å². The predicted octanol–water partition coefficient (Wildman–Crippen LogP) is 2.36. The smallest absolute Gasteiger partial charge is 0.239 e. The van der Waals surface area contributed by atoms with Crippen LogP contribution in [0.15, 0.2) is 18.2 Å². The number of halogens is 1. The molecule has 0 saturated carbocycles. The highest BCUT2D eigenvalue weighted by molar-refractivity contribution is 6.33. The highest BCUT2D eigenvalue weighted by Crippen LogP contribution is 2.28. The zero-order valence-corrected chi connectivity index (χ0v) is 12.4. The summed E-state index contributed by atoms with van der Waals surface area (Å²) in [6.45, 7) is 4.64. The Balaban J connectivity index is 2.71. The number of carbonyl (C=O) groups excluding carboxylic acids is 1. The van der Waals surface area contributed by atoms with Crippen LogP contribution >= 0.6 is 11.6 Å². The Bertz CT molecular complexity index is 435. The molecule has 0 aromatic heterocycles. The molecule has 106 valence electrons. The van der Waals surface area contributed by atoms with Crippen LogP contribution in [0.2, 0.25) is 5.02 Å². The van der Waals surface area contributed by atoms with Gasteiger partial charge < -0.3 is 15.3 Å². The Morgan fingerprint density at radius 2 is 2.21 bits per heavy atom. The molecule has 0 aliphatic carbocycles. The van der Waals surface area contributed by atoms with Gasteiger partial charge in [0.2, 0.25) is 5.91 Å². The molecule has 0 bridgehead atoms. The van der Waals surface area contributed by atoms with Crippen molar-refractivity contribution in [1.82, 2.24) is 5.32 Å². The van der Waals surface area contributed by atoms with E-state index in [1.54, 1.807) is 17.9 Å². The van der Waals surface area contributed by atoms with Gasteiger partial charge in [0.25, 0.3) is 0 Å². The first kappa shape index (κ1) is 15.8. The second-order valence-corrected chi connectivity index (χ2v) is 5.00. The van der Waals surface area contributed by atoms with E-state index in [1.165, 1.54) is 0 Å². The molecule has 1 atom stereocenters. The minimum absolute atomic E-state index is 0.0278. The molecule has 0 radical (unpaired) electrons. The lowest BCUT2D eigenvalue weighted by Gasteiger charge is -2.21. The molecule has 0 saturated heterocycles. The predicted molar refractivity (Wildman–Crippen MR) is 78.7 cm³/mol. The summed E-state index contributed by atoms with van der Waals surface area (Å²) in [6.07, 6.45) is 0.365. The summed E-state index contributed by atoms with van der Waals surface area (Å²) in [7, 11) is 1.81. The largest absolute Gasteiger partial charge is 0.389 e. The Kier molecular flexibility index (Phi) is 6.12. The number of anilines is 1. The zero-order valence-electron chi connectivity index (χ0n) is 11.6. The monoisotopic (exact) mass is 284 g/mol. The molecule has 1 aromatic rings. The number of aliphatic hydroxyl groups excluding tert-OH is 1. The first-order valence-corrected chi connectivity index (χ1v) is 6.78. The molecule has 0 heterocycles. The number of hydrogen-bond donors (Lipinski definition) is 2. The van der Waals surface area contributed by atoms with Gasteiger partial charge in [0, 0.05) is 13.6 Å². The lowest BCUT2D eigenvalue weighted by atomic mass is 10.1. The number of nitrogens with zero attached hydrogens (tertiary/aromatic N) is 1. The first-order valence-electron chi connectivity index (χ1n) is 6.41. The topological polar surface area (TPSA) is 52.6 Å². The van der Waals surface area contributed by atoms with E-state index in [9.17, 15) is 9.90 Å². The van der Waals surface area contributed by atoms with Crippen LogP contribution in [0.5, 0.6) is 0 Å². The third-order valence-electron chi connectivity index (χ3n) is 2.82. The van der Waals surface area contributed by atoms with E-state index in [1.807, 2.05) is 26.1 Å². The Morgan fingerprint density at radius 3 is 2.74 bits per heavy atom. The van der Waals surface area contributed by atoms with Crippen LogP contribution < -0.4 is 10.2 Å². The first-order chi connectivity index (χ1) is 8.95. The molecule has 1 amide bonds. The summed E-state index contributed by atoms with van der Waals surface area (Å²) < 4.78 is 0. The molecule has 0 aliphatic heterocycles. The molecule has 0 aliphatic rings. The standard InChI is InChI=1S/C14H21ClN2O2/c1-4-7-16-14(19)9-17(3)13-6-5-11(10(2)18)8-12(13)15/h5-6,8,10,18H,4,7,9H2,1-3H3,(H,16,19). The van der Waals surface area contributed by atoms with E-state index in [-0.39, 0.29) is 12.5 Å². The number of nitrogens with one attached hydrogen (secondary N) is 1. The second-order valence-electron chi connectivity index (χ2n) is 4.59. The van der Waals surface area contributed by atoms with Gasteiger partial charge in [0.15, 0.2) is 0 Å². The van der Waals surface area contributed by atoms with Crippen LogP contribution in [-0.2, 0) is 4.79 Å². The zero-order chi connectivity index (χ0) is 14.4. The van der Waals surface area contributed by atoms with E-state index < -0.39 is 6.10 Å². The fourth-order valence-corrected chi connectivity index (χ4v) is 2.05. The van der Waals surface area contributed by atoms with Gasteiger partial charge in [-0.1, -0.05) is 24.6 Å². The van der Waals surface area contributed by atoms with E-state index in [0.29, 0.717) is 11.6 Å². The SMILES string of the molecule is CCCNC(=O)CN(C)c1ccc(C(C)O)cc1Cl. The summed E-state index contributed by atoms with van der Waals surface area (Å²) >= 11 is 6.17. The maximum atomic E-state index is 11.6. The molecule has 2 N–H and O–H groups in total. The van der Waals surface area contributed by atoms with E-state index >= 15 is 0 Å². The van der Waals surface area contributed by atoms with Crippen molar-refractivity contribution in [2.75, 3.05) is 25.0 Å². The van der Waals surface area contributed by atoms with Crippen molar-refractivity contribution in [2.45, 2.75) is 26.4 Å². The number of hydrogen-bond acceptors (Lipinski definition) is 3. The molecule has 1 unspecified atom stereocenters. The quantitative estimate of drug-likeness (QED) is 0.843. The minimum Gasteiger partial charge on any atom is -0.389 e. The highest BCUT2D eigenvalue weighted by Gasteiger charge is 2.11. The summed E-state index contributed by atoms with van der Waals surface area (Å²) in [5.74, 6) is -0.0278. The summed E-state index contributed by atoms with van der Waals surface area (Å²) in [4.78, 5) is 13.4. The highest BCUT2D eigenvalue weighted by atomic mass is 35.5. The molecule has 1 rings (SSSR count). The van der Waals surface area contributed by atoms with Crippen LogP contribution in [0, 0.1) is 0 Å². The van der Waals surface area contributed by atoms with Crippen LogP contribution in [0.4, 0.5) is 5.69 Å². The number of amides is 1. The van der Waals surface area contributed by atoms with Gasteiger partial charge in [-0.2, -0.15) is 0 Å². The summed E-state index contributed by atoms with van der Waals surface area (Å²) in [5, 5.41) is 12.8. The third-order valence-corrected chi connectivity index (χ3v) is 3.12. The average molecular weight is 285 g/mol. The van der Waals surface area contributed by atoms with E-state index in [2.05, 4.69) is 5.32 Å². The molecule has 0 spiro atoms. The molecular formula is C14H21ClN2O2. The fourth-order valence-electron chi connectivity index (χ4n) is 1.71. The molecule has 4 nitrogen and oxygen atoms in total. The molecule has 1 aromatic carbocycles. The van der Waals surface area contributed by atoms with Crippen LogP contribution in [0.25, 0.3) is 0 Å². The Hall–Kier alpha value is -1.26. The third kappa shape index (κ3) is 4.73. The molecule has 0 fully saturated rings. The van der Waals surface area contributed by atoms with Crippen molar-refractivity contribution in [3.63, 3.8) is 0 Å². The minimum atomic E-state index is -0.551. The van der Waals surface area contributed by atoms with Gasteiger partial charge >= 0.3 is 0 Å². The van der Waals surface area contributed by atoms with Crippen molar-refractivity contribution in [2.24, 2.45) is 0 Å². The number of aliphatic hydroxyl groups is 1. The fraction of sp³-hybridized carbons (Fsp3) is 0.500. The molecule has 19 heavy (non-hydrogen) atoms. The van der Waals surface area contributed by atoms with Crippen LogP contribution in [-0.4, -0.2) is 31.2 Å². The van der Waals surface area contributed by atoms with Crippen molar-refractivity contribution in [1.29, 1.82) is 0 Å². The maximum absolute atomic E-state index is 11.6. The number of likely N-dealkylation sites (N-methyl/N-ethyl adjacent to an activating group) is 1. The second kappa shape index (κ2) is 7.36. The van der Waals surface area contributed by atoms with Crippen molar-refractivity contribution < 1.29 is 9.90 Å². The van der Waals surface area contributed by atoms with Crippen LogP contribution in [0.3, 0.4) is 0 Å². The van der Waals surface area contributed by atoms with Gasteiger partial charge in [-0.3, -0.25) is 4.79 Å². The van der Waals surface area contributed by atoms with Crippen LogP contribution in [0.1, 0.15) is 31.9 Å². The number of carbonyl (C=O) groups is 1. The van der Waals surface area contributed by atoms with Crippen molar-refractivity contribution in [3.05, 3.63) is 28.8 Å². The van der Waals surface area contributed by atoms with Gasteiger partial charge in [-0.05, 0) is 31.0 Å². The number of benzene rings is 1. The molecule has 5 heteroatoms. The summed E-state index contributed by atoms with van der Waals surface area (Å²) in [5.41, 5.74) is 1.54. The Morgan fingerprint density at radius 1 is 1.53 bits per heavy atom. The van der Waals surface area contributed by atoms with E-state index in [4.69, 9.17) is 11.6 Å². The molecular weight excluding hydrogens is 264 g/mol. The average Bonchev–Trinajstić information content (AvgIpc) is 2.35. The van der Waals surface area contributed by atoms with Gasteiger partial charge in [0.1, 0.15) is 0 Å². The maximum Gasteiger partial charge on any atom is 0.239 e. The lowest BCUT2D eigenvalue weighted by molar-refractivity contribution is -0.119. The normalized spacial score (nSPS) is 12.1. The Labute approximate surface area is 119 Å². The van der Waals surface area contributed by atoms with Crippen molar-refractivity contribution in [3.8, 4) is 0 Å². The van der Waals surface area contributed by atoms with Crippen molar-refractivity contribution >= 4 is 23.2 Å². The number of rotatable bonds is 6. The van der Waals surface area contributed by atoms with E-state index in [0.717, 1.165) is 17.7 Å². The van der Waals surface area contributed by atoms with Gasteiger partial charge in [0.05, 0.1) is 23.4 Å². The lowest BCUT2D eigenvalue weighted by Crippen LogP contribution is -2.35. The summed E-state index contributed by atoms with van der Waals surface area (Å²) in [6, 6.07) is 5.35. The van der Waals surface area contributed by atoms with Gasteiger partial charge in [-0.25, -0.2) is 0 Å².